The first-order valence-corrected chi connectivity index (χ1v) is 12.0. The molecule has 4 aromatic rings. The maximum Gasteiger partial charge on any atom is 0.237 e. The number of carbonyl (C=O) groups excluding carboxylic acids is 1. The van der Waals surface area contributed by atoms with Gasteiger partial charge in [0, 0.05) is 16.1 Å². The van der Waals surface area contributed by atoms with Crippen LogP contribution >= 0.6 is 23.1 Å². The monoisotopic (exact) mass is 447 g/mol. The van der Waals surface area contributed by atoms with Gasteiger partial charge in [-0.3, -0.25) is 4.79 Å². The Morgan fingerprint density at radius 1 is 1.06 bits per heavy atom. The summed E-state index contributed by atoms with van der Waals surface area (Å²) in [7, 11) is 0. The van der Waals surface area contributed by atoms with Gasteiger partial charge in [-0.1, -0.05) is 55.1 Å². The number of rotatable bonds is 6. The molecule has 1 amide bonds. The van der Waals surface area contributed by atoms with Crippen molar-refractivity contribution < 1.29 is 4.79 Å². The number of hydrogen-bond acceptors (Lipinski definition) is 5. The Balaban J connectivity index is 1.67. The summed E-state index contributed by atoms with van der Waals surface area (Å²) < 4.78 is 0. The van der Waals surface area contributed by atoms with Crippen LogP contribution in [0.2, 0.25) is 0 Å². The molecular weight excluding hydrogens is 422 g/mol. The SMILES string of the molecule is CCC(Sc1ncnc2sc(C)c(-c3ccccc3)c12)C(=O)Nc1cc(C)cc(C)c1. The molecule has 2 aromatic carbocycles. The Morgan fingerprint density at radius 3 is 2.45 bits per heavy atom. The van der Waals surface area contributed by atoms with Crippen molar-refractivity contribution in [2.75, 3.05) is 5.32 Å². The van der Waals surface area contributed by atoms with E-state index in [1.807, 2.05) is 51.1 Å². The van der Waals surface area contributed by atoms with E-state index in [1.54, 1.807) is 17.7 Å². The van der Waals surface area contributed by atoms with Gasteiger partial charge < -0.3 is 5.32 Å². The zero-order valence-corrected chi connectivity index (χ0v) is 19.7. The van der Waals surface area contributed by atoms with Gasteiger partial charge in [-0.15, -0.1) is 11.3 Å². The van der Waals surface area contributed by atoms with Gasteiger partial charge in [0.05, 0.1) is 10.6 Å². The first-order chi connectivity index (χ1) is 15.0. The molecular formula is C25H25N3OS2. The van der Waals surface area contributed by atoms with Crippen molar-refractivity contribution >= 4 is 44.9 Å². The third-order valence-electron chi connectivity index (χ3n) is 5.10. The molecule has 0 aliphatic rings. The summed E-state index contributed by atoms with van der Waals surface area (Å²) in [5.74, 6) is -0.00234. The maximum absolute atomic E-state index is 13.1. The van der Waals surface area contributed by atoms with E-state index in [9.17, 15) is 4.79 Å². The van der Waals surface area contributed by atoms with Crippen molar-refractivity contribution in [1.29, 1.82) is 0 Å². The molecule has 0 aliphatic carbocycles. The van der Waals surface area contributed by atoms with Crippen molar-refractivity contribution in [3.05, 3.63) is 70.9 Å². The molecule has 6 heteroatoms. The third kappa shape index (κ3) is 4.65. The second-order valence-electron chi connectivity index (χ2n) is 7.64. The van der Waals surface area contributed by atoms with E-state index in [4.69, 9.17) is 0 Å². The Kier molecular flexibility index (Phi) is 6.39. The molecule has 0 spiro atoms. The first-order valence-electron chi connectivity index (χ1n) is 10.3. The van der Waals surface area contributed by atoms with Gasteiger partial charge in [0.25, 0.3) is 0 Å². The van der Waals surface area contributed by atoms with Gasteiger partial charge in [-0.05, 0) is 56.0 Å². The van der Waals surface area contributed by atoms with E-state index >= 15 is 0 Å². The zero-order chi connectivity index (χ0) is 22.0. The fourth-order valence-corrected chi connectivity index (χ4v) is 5.89. The number of aryl methyl sites for hydroxylation is 3. The number of anilines is 1. The number of nitrogens with one attached hydrogen (secondary N) is 1. The number of hydrogen-bond donors (Lipinski definition) is 1. The molecule has 1 N–H and O–H groups in total. The molecule has 1 unspecified atom stereocenters. The van der Waals surface area contributed by atoms with Crippen LogP contribution in [0.1, 0.15) is 29.3 Å². The number of nitrogens with zero attached hydrogens (tertiary/aromatic N) is 2. The molecule has 0 saturated carbocycles. The smallest absolute Gasteiger partial charge is 0.237 e. The van der Waals surface area contributed by atoms with Gasteiger partial charge >= 0.3 is 0 Å². The molecule has 0 aliphatic heterocycles. The first kappa shape index (κ1) is 21.5. The summed E-state index contributed by atoms with van der Waals surface area (Å²) in [5, 5.41) is 4.74. The Bertz CT molecular complexity index is 1210. The van der Waals surface area contributed by atoms with Crippen LogP contribution in [0.3, 0.4) is 0 Å². The second kappa shape index (κ2) is 9.20. The fourth-order valence-electron chi connectivity index (χ4n) is 3.79. The highest BCUT2D eigenvalue weighted by Crippen LogP contribution is 2.42. The molecule has 2 heterocycles. The zero-order valence-electron chi connectivity index (χ0n) is 18.1. The van der Waals surface area contributed by atoms with E-state index in [2.05, 4.69) is 40.4 Å². The standard InChI is InChI=1S/C25H25N3OS2/c1-5-20(23(29)28-19-12-15(2)11-16(3)13-19)31-25-22-21(18-9-7-6-8-10-18)17(4)30-24(22)26-14-27-25/h6-14,20H,5H2,1-4H3,(H,28,29). The summed E-state index contributed by atoms with van der Waals surface area (Å²) in [6.07, 6.45) is 2.31. The van der Waals surface area contributed by atoms with Crippen LogP contribution in [0.5, 0.6) is 0 Å². The van der Waals surface area contributed by atoms with Crippen LogP contribution in [-0.2, 0) is 4.79 Å². The molecule has 0 fully saturated rings. The van der Waals surface area contributed by atoms with Crippen LogP contribution in [-0.4, -0.2) is 21.1 Å². The fraction of sp³-hybridized carbons (Fsp3) is 0.240. The van der Waals surface area contributed by atoms with Crippen molar-refractivity contribution in [2.45, 2.75) is 44.4 Å². The quantitative estimate of drug-likeness (QED) is 0.261. The Morgan fingerprint density at radius 2 is 1.77 bits per heavy atom. The van der Waals surface area contributed by atoms with E-state index in [-0.39, 0.29) is 11.2 Å². The van der Waals surface area contributed by atoms with Gasteiger partial charge in [-0.25, -0.2) is 9.97 Å². The Hall–Kier alpha value is -2.70. The molecule has 2 aromatic heterocycles. The molecule has 0 radical (unpaired) electrons. The second-order valence-corrected chi connectivity index (χ2v) is 10.0. The summed E-state index contributed by atoms with van der Waals surface area (Å²) in [6.45, 7) is 8.23. The minimum atomic E-state index is -0.247. The number of thioether (sulfide) groups is 1. The maximum atomic E-state index is 13.1. The lowest BCUT2D eigenvalue weighted by atomic mass is 10.0. The molecule has 4 nitrogen and oxygen atoms in total. The van der Waals surface area contributed by atoms with E-state index in [0.717, 1.165) is 43.2 Å². The minimum absolute atomic E-state index is 0.00234. The van der Waals surface area contributed by atoms with Gasteiger partial charge in [0.1, 0.15) is 16.2 Å². The van der Waals surface area contributed by atoms with E-state index < -0.39 is 0 Å². The molecule has 31 heavy (non-hydrogen) atoms. The van der Waals surface area contributed by atoms with Crippen LogP contribution in [0.25, 0.3) is 21.3 Å². The van der Waals surface area contributed by atoms with Crippen molar-refractivity contribution in [3.63, 3.8) is 0 Å². The largest absolute Gasteiger partial charge is 0.325 e. The molecule has 1 atom stereocenters. The number of carbonyl (C=O) groups is 1. The lowest BCUT2D eigenvalue weighted by Crippen LogP contribution is -2.24. The predicted octanol–water partition coefficient (Wildman–Crippen LogP) is 6.79. The number of aromatic nitrogens is 2. The average molecular weight is 448 g/mol. The Labute approximate surface area is 191 Å². The predicted molar refractivity (Wildman–Crippen MR) is 132 cm³/mol. The molecule has 158 valence electrons. The van der Waals surface area contributed by atoms with Crippen LogP contribution < -0.4 is 5.32 Å². The van der Waals surface area contributed by atoms with E-state index in [1.165, 1.54) is 16.6 Å². The number of benzene rings is 2. The van der Waals surface area contributed by atoms with Crippen LogP contribution in [0.4, 0.5) is 5.69 Å². The highest BCUT2D eigenvalue weighted by atomic mass is 32.2. The minimum Gasteiger partial charge on any atom is -0.325 e. The van der Waals surface area contributed by atoms with Gasteiger partial charge in [0.15, 0.2) is 0 Å². The van der Waals surface area contributed by atoms with Gasteiger partial charge in [0.2, 0.25) is 5.91 Å². The summed E-state index contributed by atoms with van der Waals surface area (Å²) >= 11 is 3.19. The normalized spacial score (nSPS) is 12.1. The molecule has 4 rings (SSSR count). The molecule has 0 saturated heterocycles. The van der Waals surface area contributed by atoms with Crippen molar-refractivity contribution in [2.24, 2.45) is 0 Å². The number of amides is 1. The third-order valence-corrected chi connectivity index (χ3v) is 7.48. The average Bonchev–Trinajstić information content (AvgIpc) is 3.08. The van der Waals surface area contributed by atoms with Crippen LogP contribution in [0.15, 0.2) is 59.9 Å². The lowest BCUT2D eigenvalue weighted by molar-refractivity contribution is -0.115. The van der Waals surface area contributed by atoms with E-state index in [0.29, 0.717) is 6.42 Å². The van der Waals surface area contributed by atoms with Gasteiger partial charge in [-0.2, -0.15) is 0 Å². The summed E-state index contributed by atoms with van der Waals surface area (Å²) in [6, 6.07) is 16.4. The van der Waals surface area contributed by atoms with Crippen LogP contribution in [0, 0.1) is 20.8 Å². The highest BCUT2D eigenvalue weighted by molar-refractivity contribution is 8.00. The lowest BCUT2D eigenvalue weighted by Gasteiger charge is -2.16. The highest BCUT2D eigenvalue weighted by Gasteiger charge is 2.23. The number of thiophene rings is 1. The van der Waals surface area contributed by atoms with Crippen molar-refractivity contribution in [1.82, 2.24) is 9.97 Å². The number of fused-ring (bicyclic) bond motifs is 1. The summed E-state index contributed by atoms with van der Waals surface area (Å²) in [4.78, 5) is 24.4. The summed E-state index contributed by atoms with van der Waals surface area (Å²) in [5.41, 5.74) is 5.42. The topological polar surface area (TPSA) is 54.9 Å². The molecule has 0 bridgehead atoms. The van der Waals surface area contributed by atoms with Crippen molar-refractivity contribution in [3.8, 4) is 11.1 Å².